The molecule has 8 aromatic carbocycles. The SMILES string of the molecule is CC(=O)c1ccc(-c2cnc3cnc(-c4ccc(OC(C)C)cc4)cn23)cc1.CC(C)Oc1ccc(-c2cn3c(-c4ccc5[nH]ccc5c4)cnc3cn2)cc1.CC(C)Oc1ccc(-c2cnc3ncc(-c4ccc(OC(C)C)cc4)n3c2)cc1.CC(C)Oc1ccc(-c2cnc3ncc(-c4ccc5[nH]ccc5c4)n3c2)cc1. The summed E-state index contributed by atoms with van der Waals surface area (Å²) in [6.45, 7) is 21.8. The number of H-pyrrole nitrogens is 2. The molecule has 564 valence electrons. The van der Waals surface area contributed by atoms with Crippen molar-refractivity contribution < 1.29 is 28.5 Å². The fourth-order valence-corrected chi connectivity index (χ4v) is 13.2. The molecule has 2 N–H and O–H groups in total. The van der Waals surface area contributed by atoms with Gasteiger partial charge in [0.05, 0.1) is 102 Å². The lowest BCUT2D eigenvalue weighted by Gasteiger charge is -2.11. The van der Waals surface area contributed by atoms with Crippen LogP contribution < -0.4 is 23.7 Å². The zero-order valence-electron chi connectivity index (χ0n) is 64.8. The number of imidazole rings is 4. The van der Waals surface area contributed by atoms with E-state index in [-0.39, 0.29) is 36.3 Å². The molecule has 0 aliphatic carbocycles. The van der Waals surface area contributed by atoms with E-state index in [1.165, 1.54) is 10.8 Å². The van der Waals surface area contributed by atoms with Gasteiger partial charge in [0.2, 0.25) is 11.6 Å². The second-order valence-electron chi connectivity index (χ2n) is 28.7. The van der Waals surface area contributed by atoms with Crippen LogP contribution in [0.15, 0.2) is 281 Å². The van der Waals surface area contributed by atoms with Crippen LogP contribution >= 0.6 is 0 Å². The number of rotatable bonds is 19. The Bertz CT molecular complexity index is 6090. The fraction of sp³-hybridized carbons (Fsp3) is 0.172. The monoisotopic (exact) mass is 1490 g/mol. The number of benzene rings is 8. The molecule has 0 bridgehead atoms. The molecule has 0 unspecified atom stereocenters. The zero-order valence-corrected chi connectivity index (χ0v) is 64.8. The van der Waals surface area contributed by atoms with Crippen molar-refractivity contribution in [3.8, 4) is 119 Å². The number of hydrogen-bond donors (Lipinski definition) is 2. The fourth-order valence-electron chi connectivity index (χ4n) is 13.2. The molecule has 20 heteroatoms. The molecule has 0 amide bonds. The number of aromatic nitrogens is 14. The quantitative estimate of drug-likeness (QED) is 0.0721. The number of Topliss-reactive ketones (excluding diaryl/α,β-unsaturated/α-hetero) is 1. The van der Waals surface area contributed by atoms with Gasteiger partial charge in [-0.15, -0.1) is 0 Å². The number of ether oxygens (including phenoxy) is 5. The highest BCUT2D eigenvalue weighted by atomic mass is 16.5. The second kappa shape index (κ2) is 33.1. The van der Waals surface area contributed by atoms with Gasteiger partial charge in [-0.2, -0.15) is 0 Å². The number of aromatic amines is 2. The summed E-state index contributed by atoms with van der Waals surface area (Å²) in [4.78, 5) is 54.0. The lowest BCUT2D eigenvalue weighted by Crippen LogP contribution is -2.05. The number of fused-ring (bicyclic) bond motifs is 6. The van der Waals surface area contributed by atoms with Crippen LogP contribution in [0.5, 0.6) is 28.7 Å². The summed E-state index contributed by atoms with van der Waals surface area (Å²) in [5.41, 5.74) is 20.9. The maximum atomic E-state index is 11.5. The molecule has 0 spiro atoms. The Kier molecular flexibility index (Phi) is 21.8. The Morgan fingerprint density at radius 1 is 0.292 bits per heavy atom. The van der Waals surface area contributed by atoms with Crippen molar-refractivity contribution in [1.29, 1.82) is 0 Å². The van der Waals surface area contributed by atoms with Gasteiger partial charge >= 0.3 is 0 Å². The number of carbonyl (C=O) groups is 1. The van der Waals surface area contributed by atoms with Gasteiger partial charge in [0, 0.05) is 121 Å². The smallest absolute Gasteiger partial charge is 0.234 e. The van der Waals surface area contributed by atoms with E-state index in [0.717, 1.165) is 141 Å². The van der Waals surface area contributed by atoms with Crippen LogP contribution in [0.4, 0.5) is 0 Å². The van der Waals surface area contributed by atoms with Crippen molar-refractivity contribution in [1.82, 2.24) is 67.4 Å². The maximum Gasteiger partial charge on any atom is 0.234 e. The average molecular weight is 1500 g/mol. The van der Waals surface area contributed by atoms with Gasteiger partial charge in [-0.1, -0.05) is 60.7 Å². The third-order valence-electron chi connectivity index (χ3n) is 18.5. The van der Waals surface area contributed by atoms with Crippen LogP contribution in [-0.4, -0.2) is 104 Å². The predicted octanol–water partition coefficient (Wildman–Crippen LogP) is 21.4. The molecule has 10 heterocycles. The molecule has 0 atom stereocenters. The highest BCUT2D eigenvalue weighted by Crippen LogP contribution is 2.34. The third-order valence-corrected chi connectivity index (χ3v) is 18.5. The van der Waals surface area contributed by atoms with Gasteiger partial charge in [-0.3, -0.25) is 32.4 Å². The standard InChI is InChI=1S/C24H25N3O2.2C23H20N4O.C23H21N3O2/c1-16(2)28-21-9-5-18(6-10-21)20-13-25-24-26-14-23(27(24)15-20)19-7-11-22(12-8-19)29-17(3)4;1-15(2)28-20-6-3-16(4-7-20)19-12-25-23-26-13-22(27(23)14-19)18-5-8-21-17(11-18)9-10-24-21;1-15(2)28-19-6-3-16(4-7-19)21-14-27-22(12-26-23(27)13-25-21)18-5-8-20-17(11-18)9-10-24-20;1-15(2)28-20-10-8-18(9-11-20)21-14-26-22(12-25-23(26)13-24-21)19-6-4-17(5-7-19)16(3)27/h5-17H,1-4H3;2*3-15,24H,1-2H3;4-15H,1-3H3. The second-order valence-corrected chi connectivity index (χ2v) is 28.7. The molecule has 0 saturated carbocycles. The Morgan fingerprint density at radius 2 is 0.593 bits per heavy atom. The highest BCUT2D eigenvalue weighted by Gasteiger charge is 2.17. The number of hydrogen-bond acceptors (Lipinski definition) is 14. The molecule has 0 saturated heterocycles. The summed E-state index contributed by atoms with van der Waals surface area (Å²) in [6.07, 6.45) is 27.6. The van der Waals surface area contributed by atoms with Crippen molar-refractivity contribution in [3.63, 3.8) is 0 Å². The van der Waals surface area contributed by atoms with E-state index in [9.17, 15) is 4.79 Å². The van der Waals surface area contributed by atoms with Crippen LogP contribution in [0.1, 0.15) is 86.5 Å². The number of ketones is 1. The van der Waals surface area contributed by atoms with E-state index in [2.05, 4.69) is 139 Å². The molecule has 10 aromatic heterocycles. The third kappa shape index (κ3) is 17.4. The summed E-state index contributed by atoms with van der Waals surface area (Å²) < 4.78 is 36.8. The highest BCUT2D eigenvalue weighted by molar-refractivity contribution is 5.94. The summed E-state index contributed by atoms with van der Waals surface area (Å²) >= 11 is 0. The van der Waals surface area contributed by atoms with E-state index in [0.29, 0.717) is 17.1 Å². The van der Waals surface area contributed by atoms with E-state index >= 15 is 0 Å². The van der Waals surface area contributed by atoms with Crippen LogP contribution in [0, 0.1) is 0 Å². The largest absolute Gasteiger partial charge is 0.491 e. The van der Waals surface area contributed by atoms with Crippen LogP contribution in [-0.2, 0) is 0 Å². The predicted molar refractivity (Wildman–Crippen MR) is 448 cm³/mol. The normalized spacial score (nSPS) is 11.4. The molecular formula is C93H86N14O6. The van der Waals surface area contributed by atoms with E-state index in [1.54, 1.807) is 13.1 Å². The Labute approximate surface area is 654 Å². The first-order valence-corrected chi connectivity index (χ1v) is 37.8. The first kappa shape index (κ1) is 74.5. The maximum absolute atomic E-state index is 11.5. The summed E-state index contributed by atoms with van der Waals surface area (Å²) in [5, 5.41) is 2.36. The van der Waals surface area contributed by atoms with Gasteiger partial charge in [-0.05, 0) is 221 Å². The van der Waals surface area contributed by atoms with Crippen LogP contribution in [0.25, 0.3) is 134 Å². The number of nitrogens with one attached hydrogen (secondary N) is 2. The Morgan fingerprint density at radius 3 is 0.956 bits per heavy atom. The lowest BCUT2D eigenvalue weighted by molar-refractivity contribution is 0.101. The number of carbonyl (C=O) groups excluding carboxylic acids is 1. The molecule has 113 heavy (non-hydrogen) atoms. The lowest BCUT2D eigenvalue weighted by atomic mass is 10.1. The average Bonchev–Trinajstić information content (AvgIpc) is 1.67. The zero-order chi connectivity index (χ0) is 78.2. The van der Waals surface area contributed by atoms with Crippen molar-refractivity contribution in [2.75, 3.05) is 0 Å². The van der Waals surface area contributed by atoms with E-state index in [4.69, 9.17) is 23.7 Å². The molecule has 0 fully saturated rings. The first-order valence-electron chi connectivity index (χ1n) is 37.8. The molecule has 18 rings (SSSR count). The van der Waals surface area contributed by atoms with Crippen molar-refractivity contribution in [2.24, 2.45) is 0 Å². The summed E-state index contributed by atoms with van der Waals surface area (Å²) in [7, 11) is 0. The molecule has 18 aromatic rings. The van der Waals surface area contributed by atoms with Crippen molar-refractivity contribution in [2.45, 2.75) is 107 Å². The minimum absolute atomic E-state index is 0.0565. The van der Waals surface area contributed by atoms with Gasteiger partial charge in [0.25, 0.3) is 0 Å². The summed E-state index contributed by atoms with van der Waals surface area (Å²) in [6, 6.07) is 64.7. The van der Waals surface area contributed by atoms with E-state index in [1.807, 2.05) is 272 Å². The molecule has 0 aliphatic rings. The molecular weight excluding hydrogens is 1410 g/mol. The van der Waals surface area contributed by atoms with Gasteiger partial charge in [-0.25, -0.2) is 29.9 Å². The van der Waals surface area contributed by atoms with Gasteiger partial charge in [0.1, 0.15) is 28.7 Å². The topological polar surface area (TPSA) is 216 Å². The minimum atomic E-state index is 0.0565. The Balaban J connectivity index is 0.000000119. The van der Waals surface area contributed by atoms with Crippen molar-refractivity contribution in [3.05, 3.63) is 286 Å². The van der Waals surface area contributed by atoms with Gasteiger partial charge in [0.15, 0.2) is 17.1 Å². The summed E-state index contributed by atoms with van der Waals surface area (Å²) in [5.74, 6) is 5.72. The van der Waals surface area contributed by atoms with Crippen molar-refractivity contribution >= 4 is 50.4 Å². The molecule has 0 aliphatic heterocycles. The first-order chi connectivity index (χ1) is 54.8. The number of nitrogens with zero attached hydrogens (tertiary/aromatic N) is 12. The molecule has 0 radical (unpaired) electrons. The van der Waals surface area contributed by atoms with Crippen LogP contribution in [0.2, 0.25) is 0 Å². The minimum Gasteiger partial charge on any atom is -0.491 e. The Hall–Kier alpha value is -14.0. The van der Waals surface area contributed by atoms with Crippen LogP contribution in [0.3, 0.4) is 0 Å². The van der Waals surface area contributed by atoms with E-state index < -0.39 is 0 Å². The molecule has 20 nitrogen and oxygen atoms in total. The van der Waals surface area contributed by atoms with Gasteiger partial charge < -0.3 is 33.7 Å².